The SMILES string of the molecule is COC12C=C[C@]3(CC1C(C)(O)C(C)(C)C)[C@H]1Cc4ccc(O)c5c4[C@@]3(CCN1CC1CC1)C2O5. The zero-order valence-electron chi connectivity index (χ0n) is 21.2. The Morgan fingerprint density at radius 3 is 2.62 bits per heavy atom. The molecule has 8 rings (SSSR count). The first-order valence-electron chi connectivity index (χ1n) is 13.3. The number of phenols is 1. The molecule has 2 heterocycles. The molecule has 0 aromatic heterocycles. The fraction of sp³-hybridized carbons (Fsp3) is 0.724. The van der Waals surface area contributed by atoms with Crippen molar-refractivity contribution in [3.63, 3.8) is 0 Å². The van der Waals surface area contributed by atoms with Gasteiger partial charge in [-0.1, -0.05) is 39.0 Å². The van der Waals surface area contributed by atoms with Crippen molar-refractivity contribution < 1.29 is 19.7 Å². The van der Waals surface area contributed by atoms with Crippen LogP contribution in [0.3, 0.4) is 0 Å². The van der Waals surface area contributed by atoms with Crippen molar-refractivity contribution in [3.05, 3.63) is 35.4 Å². The largest absolute Gasteiger partial charge is 0.504 e. The second-order valence-electron chi connectivity index (χ2n) is 13.4. The van der Waals surface area contributed by atoms with E-state index in [2.05, 4.69) is 43.9 Å². The zero-order valence-corrected chi connectivity index (χ0v) is 21.2. The van der Waals surface area contributed by atoms with Crippen LogP contribution < -0.4 is 4.74 Å². The molecule has 2 aliphatic heterocycles. The quantitative estimate of drug-likeness (QED) is 0.653. The topological polar surface area (TPSA) is 62.2 Å². The third-order valence-electron chi connectivity index (χ3n) is 11.3. The second kappa shape index (κ2) is 6.22. The minimum absolute atomic E-state index is 0.116. The van der Waals surface area contributed by atoms with Crippen molar-refractivity contribution in [2.24, 2.45) is 22.7 Å². The van der Waals surface area contributed by atoms with E-state index >= 15 is 0 Å². The summed E-state index contributed by atoms with van der Waals surface area (Å²) in [7, 11) is 1.78. The Hall–Kier alpha value is -1.56. The molecule has 7 aliphatic rings. The average Bonchev–Trinajstić information content (AvgIpc) is 3.53. The lowest BCUT2D eigenvalue weighted by molar-refractivity contribution is -0.263. The molecular weight excluding hydrogens is 426 g/mol. The van der Waals surface area contributed by atoms with Crippen LogP contribution in [0.25, 0.3) is 0 Å². The van der Waals surface area contributed by atoms with Crippen LogP contribution >= 0.6 is 0 Å². The molecule has 7 atom stereocenters. The van der Waals surface area contributed by atoms with E-state index in [0.29, 0.717) is 11.8 Å². The van der Waals surface area contributed by atoms with Crippen molar-refractivity contribution in [2.45, 2.75) is 88.6 Å². The van der Waals surface area contributed by atoms with E-state index in [4.69, 9.17) is 9.47 Å². The van der Waals surface area contributed by atoms with Crippen LogP contribution in [0.1, 0.15) is 64.5 Å². The van der Waals surface area contributed by atoms with Gasteiger partial charge >= 0.3 is 0 Å². The highest BCUT2D eigenvalue weighted by atomic mass is 16.6. The Morgan fingerprint density at radius 2 is 1.94 bits per heavy atom. The van der Waals surface area contributed by atoms with Crippen molar-refractivity contribution in [1.29, 1.82) is 0 Å². The first kappa shape index (κ1) is 21.7. The summed E-state index contributed by atoms with van der Waals surface area (Å²) in [6, 6.07) is 4.33. The number of aromatic hydroxyl groups is 1. The predicted molar refractivity (Wildman–Crippen MR) is 130 cm³/mol. The van der Waals surface area contributed by atoms with Gasteiger partial charge in [-0.2, -0.15) is 0 Å². The summed E-state index contributed by atoms with van der Waals surface area (Å²) >= 11 is 0. The maximum Gasteiger partial charge on any atom is 0.165 e. The van der Waals surface area contributed by atoms with Gasteiger partial charge in [-0.15, -0.1) is 0 Å². The predicted octanol–water partition coefficient (Wildman–Crippen LogP) is 4.19. The van der Waals surface area contributed by atoms with E-state index in [-0.39, 0.29) is 34.0 Å². The summed E-state index contributed by atoms with van der Waals surface area (Å²) in [5.41, 5.74) is 0.165. The minimum Gasteiger partial charge on any atom is -0.504 e. The van der Waals surface area contributed by atoms with Gasteiger partial charge in [-0.3, -0.25) is 4.90 Å². The van der Waals surface area contributed by atoms with Gasteiger partial charge in [-0.05, 0) is 68.5 Å². The Morgan fingerprint density at radius 1 is 1.18 bits per heavy atom. The monoisotopic (exact) mass is 465 g/mol. The van der Waals surface area contributed by atoms with E-state index in [1.807, 2.05) is 13.0 Å². The van der Waals surface area contributed by atoms with E-state index in [9.17, 15) is 10.2 Å². The van der Waals surface area contributed by atoms with Gasteiger partial charge in [0.25, 0.3) is 0 Å². The molecule has 4 bridgehead atoms. The lowest BCUT2D eigenvalue weighted by Gasteiger charge is -2.73. The number of fused-ring (bicyclic) bond motifs is 1. The van der Waals surface area contributed by atoms with Gasteiger partial charge < -0.3 is 19.7 Å². The first-order valence-corrected chi connectivity index (χ1v) is 13.3. The van der Waals surface area contributed by atoms with E-state index < -0.39 is 11.2 Å². The van der Waals surface area contributed by atoms with Crippen LogP contribution in [0, 0.1) is 22.7 Å². The molecule has 3 fully saturated rings. The third-order valence-corrected chi connectivity index (χ3v) is 11.3. The highest BCUT2D eigenvalue weighted by Gasteiger charge is 2.81. The molecule has 0 amide bonds. The van der Waals surface area contributed by atoms with Crippen molar-refractivity contribution in [2.75, 3.05) is 20.2 Å². The van der Waals surface area contributed by atoms with Gasteiger partial charge in [0.15, 0.2) is 11.5 Å². The molecule has 5 heteroatoms. The first-order chi connectivity index (χ1) is 16.0. The second-order valence-corrected chi connectivity index (χ2v) is 13.4. The number of rotatable bonds is 4. The summed E-state index contributed by atoms with van der Waals surface area (Å²) in [4.78, 5) is 2.77. The Kier molecular flexibility index (Phi) is 3.97. The number of likely N-dealkylation sites (tertiary alicyclic amines) is 1. The molecular formula is C29H39NO4. The Bertz CT molecular complexity index is 1100. The van der Waals surface area contributed by atoms with E-state index in [1.165, 1.54) is 30.5 Å². The summed E-state index contributed by atoms with van der Waals surface area (Å²) < 4.78 is 13.3. The molecule has 2 N–H and O–H groups in total. The number of piperidine rings is 1. The van der Waals surface area contributed by atoms with E-state index in [1.54, 1.807) is 7.11 Å². The molecule has 5 aliphatic carbocycles. The van der Waals surface area contributed by atoms with Crippen molar-refractivity contribution in [1.82, 2.24) is 4.90 Å². The third kappa shape index (κ3) is 2.20. The van der Waals surface area contributed by atoms with Crippen LogP contribution in [0.4, 0.5) is 0 Å². The van der Waals surface area contributed by atoms with Crippen LogP contribution in [0.2, 0.25) is 0 Å². The van der Waals surface area contributed by atoms with E-state index in [0.717, 1.165) is 31.7 Å². The molecule has 4 unspecified atom stereocenters. The lowest BCUT2D eigenvalue weighted by atomic mass is 9.35. The summed E-state index contributed by atoms with van der Waals surface area (Å²) in [5, 5.41) is 23.1. The minimum atomic E-state index is -0.960. The zero-order chi connectivity index (χ0) is 23.9. The average molecular weight is 466 g/mol. The van der Waals surface area contributed by atoms with Gasteiger partial charge in [0.2, 0.25) is 0 Å². The standard InChI is InChI=1S/C29H39NO4/c1-25(2,3)26(4,32)20-15-27-10-11-29(20,33-5)24-28(27)12-13-30(16-17-6-7-17)21(27)14-18-8-9-19(31)23(34-24)22(18)28/h8-11,17,20-21,24,31-32H,6-7,12-16H2,1-5H3/t20?,21-,24?,26?,27+,28+,29?/m1/s1. The lowest BCUT2D eigenvalue weighted by Crippen LogP contribution is -2.81. The van der Waals surface area contributed by atoms with Crippen LogP contribution in [0.5, 0.6) is 11.5 Å². The highest BCUT2D eigenvalue weighted by Crippen LogP contribution is 2.76. The molecule has 1 aromatic rings. The maximum absolute atomic E-state index is 12.2. The highest BCUT2D eigenvalue weighted by molar-refractivity contribution is 5.65. The molecule has 5 nitrogen and oxygen atoms in total. The van der Waals surface area contributed by atoms with Crippen LogP contribution in [-0.4, -0.2) is 58.7 Å². The van der Waals surface area contributed by atoms with Gasteiger partial charge in [0.05, 0.1) is 11.0 Å². The number of aliphatic hydroxyl groups is 1. The maximum atomic E-state index is 12.2. The molecule has 1 aromatic carbocycles. The number of hydrogen-bond acceptors (Lipinski definition) is 5. The number of ether oxygens (including phenoxy) is 2. The summed E-state index contributed by atoms with van der Waals surface area (Å²) in [6.45, 7) is 10.6. The Labute approximate surface area is 203 Å². The number of phenolic OH excluding ortho intramolecular Hbond substituents is 1. The molecule has 2 spiro atoms. The number of nitrogens with zero attached hydrogens (tertiary/aromatic N) is 1. The molecule has 1 saturated heterocycles. The number of hydrogen-bond donors (Lipinski definition) is 2. The van der Waals surface area contributed by atoms with Gasteiger partial charge in [-0.25, -0.2) is 0 Å². The fourth-order valence-electron chi connectivity index (χ4n) is 8.94. The van der Waals surface area contributed by atoms with Crippen molar-refractivity contribution in [3.8, 4) is 11.5 Å². The van der Waals surface area contributed by atoms with Crippen molar-refractivity contribution >= 4 is 0 Å². The summed E-state index contributed by atoms with van der Waals surface area (Å²) in [6.07, 6.45) is 10.0. The Balaban J connectivity index is 1.49. The molecule has 34 heavy (non-hydrogen) atoms. The normalized spacial score (nSPS) is 43.4. The van der Waals surface area contributed by atoms with Crippen LogP contribution in [0.15, 0.2) is 24.3 Å². The van der Waals surface area contributed by atoms with Gasteiger partial charge in [0, 0.05) is 36.6 Å². The molecule has 0 radical (unpaired) electrons. The molecule has 184 valence electrons. The van der Waals surface area contributed by atoms with Gasteiger partial charge in [0.1, 0.15) is 11.7 Å². The number of benzene rings is 1. The number of methoxy groups -OCH3 is 1. The van der Waals surface area contributed by atoms with Crippen LogP contribution in [-0.2, 0) is 16.6 Å². The smallest absolute Gasteiger partial charge is 0.165 e. The molecule has 2 saturated carbocycles. The fourth-order valence-corrected chi connectivity index (χ4v) is 8.94. The summed E-state index contributed by atoms with van der Waals surface area (Å²) in [5.74, 6) is 1.62.